The Kier molecular flexibility index (Phi) is 4.46. The number of carbonyl (C=O) groups excluding carboxylic acids is 2. The van der Waals surface area contributed by atoms with Crippen molar-refractivity contribution in [3.05, 3.63) is 59.4 Å². The van der Waals surface area contributed by atoms with Crippen LogP contribution in [0.4, 0.5) is 0 Å². The molecule has 0 spiro atoms. The summed E-state index contributed by atoms with van der Waals surface area (Å²) >= 11 is 0. The number of carbonyl (C=O) groups is 2. The zero-order valence-corrected chi connectivity index (χ0v) is 13.2. The maximum absolute atomic E-state index is 12.5. The van der Waals surface area contributed by atoms with Crippen LogP contribution in [0.25, 0.3) is 0 Å². The first-order chi connectivity index (χ1) is 11.1. The molecule has 0 saturated carbocycles. The van der Waals surface area contributed by atoms with E-state index >= 15 is 0 Å². The smallest absolute Gasteiger partial charge is 0.253 e. The van der Waals surface area contributed by atoms with Gasteiger partial charge in [-0.15, -0.1) is 0 Å². The molecule has 1 aliphatic heterocycles. The molecule has 2 heterocycles. The minimum Gasteiger partial charge on any atom is -0.367 e. The first kappa shape index (κ1) is 15.3. The van der Waals surface area contributed by atoms with Crippen LogP contribution >= 0.6 is 0 Å². The number of hydrogen-bond donors (Lipinski definition) is 2. The van der Waals surface area contributed by atoms with Crippen LogP contribution in [0.15, 0.2) is 42.7 Å². The van der Waals surface area contributed by atoms with Gasteiger partial charge < -0.3 is 15.2 Å². The Balaban J connectivity index is 1.53. The zero-order chi connectivity index (χ0) is 16.2. The van der Waals surface area contributed by atoms with E-state index in [1.807, 2.05) is 36.1 Å². The molecule has 1 fully saturated rings. The summed E-state index contributed by atoms with van der Waals surface area (Å²) in [6, 6.07) is 9.54. The zero-order valence-electron chi connectivity index (χ0n) is 13.2. The highest BCUT2D eigenvalue weighted by Gasteiger charge is 2.24. The second-order valence-corrected chi connectivity index (χ2v) is 6.01. The molecule has 1 aromatic heterocycles. The van der Waals surface area contributed by atoms with Crippen LogP contribution in [0.5, 0.6) is 0 Å². The number of benzene rings is 1. The predicted molar refractivity (Wildman–Crippen MR) is 88.4 cm³/mol. The van der Waals surface area contributed by atoms with E-state index in [1.54, 1.807) is 18.5 Å². The lowest BCUT2D eigenvalue weighted by molar-refractivity contribution is 0.0698. The van der Waals surface area contributed by atoms with Crippen LogP contribution in [0, 0.1) is 6.92 Å². The summed E-state index contributed by atoms with van der Waals surface area (Å²) < 4.78 is 0. The summed E-state index contributed by atoms with van der Waals surface area (Å²) in [5.74, 6) is 0.00923. The number of H-pyrrole nitrogens is 1. The van der Waals surface area contributed by atoms with Crippen LogP contribution in [0.3, 0.4) is 0 Å². The second-order valence-electron chi connectivity index (χ2n) is 6.01. The van der Waals surface area contributed by atoms with Gasteiger partial charge in [0.1, 0.15) is 0 Å². The van der Waals surface area contributed by atoms with Crippen LogP contribution in [0.1, 0.15) is 39.1 Å². The summed E-state index contributed by atoms with van der Waals surface area (Å²) in [6.07, 6.45) is 4.99. The number of nitrogens with zero attached hydrogens (tertiary/aromatic N) is 1. The van der Waals surface area contributed by atoms with Crippen molar-refractivity contribution in [2.75, 3.05) is 13.1 Å². The molecule has 1 saturated heterocycles. The molecule has 1 aliphatic rings. The summed E-state index contributed by atoms with van der Waals surface area (Å²) in [5, 5.41) is 3.03. The lowest BCUT2D eigenvalue weighted by Crippen LogP contribution is -2.46. The van der Waals surface area contributed by atoms with Gasteiger partial charge in [0.2, 0.25) is 0 Å². The largest absolute Gasteiger partial charge is 0.367 e. The Labute approximate surface area is 135 Å². The van der Waals surface area contributed by atoms with Crippen molar-refractivity contribution in [2.45, 2.75) is 25.8 Å². The normalized spacial score (nSPS) is 15.4. The number of rotatable bonds is 3. The van der Waals surface area contributed by atoms with Crippen molar-refractivity contribution in [3.8, 4) is 0 Å². The van der Waals surface area contributed by atoms with E-state index in [4.69, 9.17) is 0 Å². The number of hydrogen-bond acceptors (Lipinski definition) is 2. The third-order valence-electron chi connectivity index (χ3n) is 4.28. The summed E-state index contributed by atoms with van der Waals surface area (Å²) in [7, 11) is 0. The van der Waals surface area contributed by atoms with Crippen molar-refractivity contribution in [1.82, 2.24) is 15.2 Å². The van der Waals surface area contributed by atoms with Gasteiger partial charge in [-0.25, -0.2) is 0 Å². The molecule has 0 atom stereocenters. The molecule has 0 radical (unpaired) electrons. The minimum atomic E-state index is -0.0606. The van der Waals surface area contributed by atoms with Crippen molar-refractivity contribution in [1.29, 1.82) is 0 Å². The van der Waals surface area contributed by atoms with E-state index in [0.29, 0.717) is 18.7 Å². The molecular weight excluding hydrogens is 290 g/mol. The third kappa shape index (κ3) is 3.62. The average molecular weight is 311 g/mol. The fourth-order valence-electron chi connectivity index (χ4n) is 2.84. The number of aryl methyl sites for hydroxylation is 1. The fraction of sp³-hybridized carbons (Fsp3) is 0.333. The van der Waals surface area contributed by atoms with E-state index in [0.717, 1.165) is 24.0 Å². The van der Waals surface area contributed by atoms with Crippen molar-refractivity contribution in [3.63, 3.8) is 0 Å². The van der Waals surface area contributed by atoms with Gasteiger partial charge in [0, 0.05) is 37.1 Å². The first-order valence-electron chi connectivity index (χ1n) is 7.93. The maximum atomic E-state index is 12.5. The monoisotopic (exact) mass is 311 g/mol. The molecule has 0 bridgehead atoms. The average Bonchev–Trinajstić information content (AvgIpc) is 3.10. The standard InChI is InChI=1S/C18H21N3O2/c1-13-2-4-14(5-3-13)18(23)21-10-7-16(8-11-21)20-17(22)15-6-9-19-12-15/h2-6,9,12,16,19H,7-8,10-11H2,1H3,(H,20,22). The van der Waals surface area contributed by atoms with E-state index in [-0.39, 0.29) is 17.9 Å². The van der Waals surface area contributed by atoms with Gasteiger partial charge in [-0.2, -0.15) is 0 Å². The summed E-state index contributed by atoms with van der Waals surface area (Å²) in [4.78, 5) is 29.2. The number of amides is 2. The van der Waals surface area contributed by atoms with Gasteiger partial charge in [0.25, 0.3) is 11.8 Å². The van der Waals surface area contributed by atoms with E-state index in [9.17, 15) is 9.59 Å². The summed E-state index contributed by atoms with van der Waals surface area (Å²) in [5.41, 5.74) is 2.52. The number of aromatic nitrogens is 1. The lowest BCUT2D eigenvalue weighted by atomic mass is 10.0. The SMILES string of the molecule is Cc1ccc(C(=O)N2CCC(NC(=O)c3cc[nH]c3)CC2)cc1. The Bertz CT molecular complexity index is 669. The van der Waals surface area contributed by atoms with Gasteiger partial charge in [-0.05, 0) is 38.0 Å². The van der Waals surface area contributed by atoms with Crippen molar-refractivity contribution >= 4 is 11.8 Å². The van der Waals surface area contributed by atoms with Gasteiger partial charge in [-0.3, -0.25) is 9.59 Å². The van der Waals surface area contributed by atoms with Gasteiger partial charge in [0.15, 0.2) is 0 Å². The number of likely N-dealkylation sites (tertiary alicyclic amines) is 1. The second kappa shape index (κ2) is 6.69. The molecule has 0 unspecified atom stereocenters. The Morgan fingerprint density at radius 2 is 1.78 bits per heavy atom. The first-order valence-corrected chi connectivity index (χ1v) is 7.93. The molecule has 23 heavy (non-hydrogen) atoms. The highest BCUT2D eigenvalue weighted by molar-refractivity contribution is 5.95. The molecule has 3 rings (SSSR count). The maximum Gasteiger partial charge on any atom is 0.253 e. The van der Waals surface area contributed by atoms with E-state index < -0.39 is 0 Å². The van der Waals surface area contributed by atoms with Crippen LogP contribution in [-0.2, 0) is 0 Å². The predicted octanol–water partition coefficient (Wildman–Crippen LogP) is 2.36. The van der Waals surface area contributed by atoms with Crippen molar-refractivity contribution in [2.24, 2.45) is 0 Å². The molecule has 2 N–H and O–H groups in total. The fourth-order valence-corrected chi connectivity index (χ4v) is 2.84. The quantitative estimate of drug-likeness (QED) is 0.914. The molecule has 120 valence electrons. The lowest BCUT2D eigenvalue weighted by Gasteiger charge is -2.32. The van der Waals surface area contributed by atoms with E-state index in [2.05, 4.69) is 10.3 Å². The van der Waals surface area contributed by atoms with Crippen molar-refractivity contribution < 1.29 is 9.59 Å². The van der Waals surface area contributed by atoms with Crippen LogP contribution < -0.4 is 5.32 Å². The highest BCUT2D eigenvalue weighted by atomic mass is 16.2. The molecule has 0 aliphatic carbocycles. The Morgan fingerprint density at radius 3 is 2.39 bits per heavy atom. The third-order valence-corrected chi connectivity index (χ3v) is 4.28. The number of piperidine rings is 1. The number of aromatic amines is 1. The molecular formula is C18H21N3O2. The molecule has 2 amide bonds. The topological polar surface area (TPSA) is 65.2 Å². The molecule has 2 aromatic rings. The molecule has 1 aromatic carbocycles. The summed E-state index contributed by atoms with van der Waals surface area (Å²) in [6.45, 7) is 3.35. The highest BCUT2D eigenvalue weighted by Crippen LogP contribution is 2.15. The minimum absolute atomic E-state index is 0.0606. The van der Waals surface area contributed by atoms with Gasteiger partial charge in [0.05, 0.1) is 5.56 Å². The Morgan fingerprint density at radius 1 is 1.09 bits per heavy atom. The molecule has 5 heteroatoms. The molecule has 5 nitrogen and oxygen atoms in total. The van der Waals surface area contributed by atoms with Crippen LogP contribution in [-0.4, -0.2) is 40.8 Å². The number of nitrogens with one attached hydrogen (secondary N) is 2. The van der Waals surface area contributed by atoms with E-state index in [1.165, 1.54) is 0 Å². The van der Waals surface area contributed by atoms with Gasteiger partial charge >= 0.3 is 0 Å². The Hall–Kier alpha value is -2.56. The van der Waals surface area contributed by atoms with Gasteiger partial charge in [-0.1, -0.05) is 17.7 Å². The van der Waals surface area contributed by atoms with Crippen LogP contribution in [0.2, 0.25) is 0 Å².